The minimum atomic E-state index is -1.95. The van der Waals surface area contributed by atoms with Gasteiger partial charge in [-0.1, -0.05) is 29.3 Å². The molecule has 0 fully saturated rings. The van der Waals surface area contributed by atoms with Gasteiger partial charge in [0, 0.05) is 29.4 Å². The van der Waals surface area contributed by atoms with Gasteiger partial charge in [0.25, 0.3) is 5.91 Å². The molecule has 1 aliphatic heterocycles. The summed E-state index contributed by atoms with van der Waals surface area (Å²) in [5, 5.41) is 24.1. The summed E-state index contributed by atoms with van der Waals surface area (Å²) in [4.78, 5) is 16.1. The molecule has 1 aromatic heterocycles. The lowest BCUT2D eigenvalue weighted by Crippen LogP contribution is -2.36. The first-order valence-corrected chi connectivity index (χ1v) is 7.29. The second kappa shape index (κ2) is 5.52. The van der Waals surface area contributed by atoms with Crippen molar-refractivity contribution in [2.75, 3.05) is 5.32 Å². The van der Waals surface area contributed by atoms with Crippen LogP contribution in [-0.4, -0.2) is 21.1 Å². The van der Waals surface area contributed by atoms with E-state index in [0.717, 1.165) is 0 Å². The third-order valence-electron chi connectivity index (χ3n) is 3.69. The zero-order valence-corrected chi connectivity index (χ0v) is 12.8. The highest BCUT2D eigenvalue weighted by Crippen LogP contribution is 2.47. The van der Waals surface area contributed by atoms with Gasteiger partial charge in [0.1, 0.15) is 0 Å². The summed E-state index contributed by atoms with van der Waals surface area (Å²) < 4.78 is 0. The molecular weight excluding hydrogens is 327 g/mol. The van der Waals surface area contributed by atoms with Crippen molar-refractivity contribution in [3.05, 3.63) is 57.8 Å². The number of pyridine rings is 1. The molecule has 3 N–H and O–H groups in total. The average Bonchev–Trinajstić information content (AvgIpc) is 2.77. The van der Waals surface area contributed by atoms with Gasteiger partial charge in [0.2, 0.25) is 0 Å². The van der Waals surface area contributed by atoms with E-state index in [4.69, 9.17) is 23.2 Å². The fourth-order valence-corrected chi connectivity index (χ4v) is 3.09. The van der Waals surface area contributed by atoms with Crippen molar-refractivity contribution in [2.24, 2.45) is 0 Å². The van der Waals surface area contributed by atoms with E-state index in [1.54, 1.807) is 18.3 Å². The maximum atomic E-state index is 12.2. The van der Waals surface area contributed by atoms with E-state index < -0.39 is 17.6 Å². The molecule has 3 rings (SSSR count). The molecule has 1 aromatic carbocycles. The molecule has 7 heteroatoms. The summed E-state index contributed by atoms with van der Waals surface area (Å²) in [6.07, 6.45) is 1.71. The van der Waals surface area contributed by atoms with Gasteiger partial charge in [-0.15, -0.1) is 0 Å². The molecule has 114 valence electrons. The number of nitrogens with zero attached hydrogens (tertiary/aromatic N) is 1. The van der Waals surface area contributed by atoms with E-state index in [9.17, 15) is 15.0 Å². The molecule has 0 saturated heterocycles. The summed E-state index contributed by atoms with van der Waals surface area (Å²) in [5.74, 6) is -0.666. The number of aliphatic hydroxyl groups excluding tert-OH is 1. The molecule has 2 heterocycles. The van der Waals surface area contributed by atoms with Gasteiger partial charge in [-0.3, -0.25) is 9.78 Å². The van der Waals surface area contributed by atoms with Crippen molar-refractivity contribution >= 4 is 34.8 Å². The van der Waals surface area contributed by atoms with Gasteiger partial charge in [-0.25, -0.2) is 0 Å². The third kappa shape index (κ3) is 2.36. The number of nitrogens with one attached hydrogen (secondary N) is 1. The summed E-state index contributed by atoms with van der Waals surface area (Å²) in [5.41, 5.74) is -0.989. The lowest BCUT2D eigenvalue weighted by molar-refractivity contribution is -0.137. The van der Waals surface area contributed by atoms with Crippen LogP contribution in [0.25, 0.3) is 0 Å². The van der Waals surface area contributed by atoms with E-state index in [2.05, 4.69) is 10.3 Å². The number of aromatic nitrogens is 1. The van der Waals surface area contributed by atoms with Crippen LogP contribution in [0.3, 0.4) is 0 Å². The monoisotopic (exact) mass is 338 g/mol. The summed E-state index contributed by atoms with van der Waals surface area (Å²) >= 11 is 12.1. The van der Waals surface area contributed by atoms with Crippen molar-refractivity contribution in [1.82, 2.24) is 4.98 Å². The number of anilines is 1. The Bertz CT molecular complexity index is 739. The van der Waals surface area contributed by atoms with Crippen LogP contribution in [-0.2, 0) is 10.4 Å². The van der Waals surface area contributed by atoms with Crippen molar-refractivity contribution in [3.63, 3.8) is 0 Å². The van der Waals surface area contributed by atoms with Gasteiger partial charge in [-0.2, -0.15) is 0 Å². The standard InChI is InChI=1S/C15H12Cl2N2O3/c16-9-3-4-10(17)13-12(9)15(22,14(21)19-13)6-11(20)8-2-1-5-18-7-8/h1-5,7,11,20,22H,6H2,(H,19,21). The molecule has 2 unspecified atom stereocenters. The fraction of sp³-hybridized carbons (Fsp3) is 0.200. The Hall–Kier alpha value is -1.66. The van der Waals surface area contributed by atoms with Crippen molar-refractivity contribution in [3.8, 4) is 0 Å². The van der Waals surface area contributed by atoms with Crippen molar-refractivity contribution < 1.29 is 15.0 Å². The molecule has 2 atom stereocenters. The first kappa shape index (κ1) is 15.2. The summed E-state index contributed by atoms with van der Waals surface area (Å²) in [6.45, 7) is 0. The Balaban J connectivity index is 2.01. The molecule has 0 bridgehead atoms. The van der Waals surface area contributed by atoms with Crippen LogP contribution in [0.2, 0.25) is 10.0 Å². The number of fused-ring (bicyclic) bond motifs is 1. The lowest BCUT2D eigenvalue weighted by atomic mass is 9.87. The van der Waals surface area contributed by atoms with Crippen molar-refractivity contribution in [2.45, 2.75) is 18.1 Å². The predicted molar refractivity (Wildman–Crippen MR) is 82.8 cm³/mol. The Morgan fingerprint density at radius 2 is 2.00 bits per heavy atom. The topological polar surface area (TPSA) is 82.5 Å². The molecular formula is C15H12Cl2N2O3. The van der Waals surface area contributed by atoms with Crippen molar-refractivity contribution in [1.29, 1.82) is 0 Å². The zero-order chi connectivity index (χ0) is 15.9. The summed E-state index contributed by atoms with van der Waals surface area (Å²) in [7, 11) is 0. The zero-order valence-electron chi connectivity index (χ0n) is 11.3. The smallest absolute Gasteiger partial charge is 0.261 e. The first-order valence-electron chi connectivity index (χ1n) is 6.54. The highest BCUT2D eigenvalue weighted by Gasteiger charge is 2.49. The number of carbonyl (C=O) groups excluding carboxylic acids is 1. The highest BCUT2D eigenvalue weighted by molar-refractivity contribution is 6.38. The fourth-order valence-electron chi connectivity index (χ4n) is 2.57. The number of aliphatic hydroxyl groups is 2. The molecule has 22 heavy (non-hydrogen) atoms. The highest BCUT2D eigenvalue weighted by atomic mass is 35.5. The van der Waals surface area contributed by atoms with Crippen LogP contribution in [0.4, 0.5) is 5.69 Å². The molecule has 5 nitrogen and oxygen atoms in total. The Labute approximate surface area is 136 Å². The lowest BCUT2D eigenvalue weighted by Gasteiger charge is -2.24. The van der Waals surface area contributed by atoms with E-state index in [-0.39, 0.29) is 27.7 Å². The summed E-state index contributed by atoms with van der Waals surface area (Å²) in [6, 6.07) is 6.36. The Morgan fingerprint density at radius 1 is 1.27 bits per heavy atom. The first-order chi connectivity index (χ1) is 10.4. The maximum absolute atomic E-state index is 12.2. The van der Waals surface area contributed by atoms with Gasteiger partial charge in [-0.05, 0) is 23.8 Å². The largest absolute Gasteiger partial charge is 0.388 e. The number of benzene rings is 1. The third-order valence-corrected chi connectivity index (χ3v) is 4.32. The molecule has 0 spiro atoms. The van der Waals surface area contributed by atoms with Gasteiger partial charge < -0.3 is 15.5 Å². The van der Waals surface area contributed by atoms with Gasteiger partial charge in [0.05, 0.1) is 16.8 Å². The minimum Gasteiger partial charge on any atom is -0.388 e. The van der Waals surface area contributed by atoms with Crippen LogP contribution < -0.4 is 5.32 Å². The Kier molecular flexibility index (Phi) is 3.82. The number of amides is 1. The second-order valence-electron chi connectivity index (χ2n) is 5.10. The van der Waals surface area contributed by atoms with E-state index in [0.29, 0.717) is 5.56 Å². The molecule has 0 aliphatic carbocycles. The Morgan fingerprint density at radius 3 is 2.68 bits per heavy atom. The van der Waals surface area contributed by atoms with Crippen LogP contribution >= 0.6 is 23.2 Å². The minimum absolute atomic E-state index is 0.189. The molecule has 0 saturated carbocycles. The van der Waals surface area contributed by atoms with Crippen LogP contribution in [0, 0.1) is 0 Å². The normalized spacial score (nSPS) is 21.4. The van der Waals surface area contributed by atoms with E-state index in [1.807, 2.05) is 0 Å². The maximum Gasteiger partial charge on any atom is 0.261 e. The van der Waals surface area contributed by atoms with Gasteiger partial charge >= 0.3 is 0 Å². The average molecular weight is 339 g/mol. The molecule has 1 amide bonds. The number of hydrogen-bond donors (Lipinski definition) is 3. The predicted octanol–water partition coefficient (Wildman–Crippen LogP) is 2.65. The molecule has 2 aromatic rings. The molecule has 1 aliphatic rings. The number of carbonyl (C=O) groups is 1. The van der Waals surface area contributed by atoms with Gasteiger partial charge in [0.15, 0.2) is 5.60 Å². The molecule has 0 radical (unpaired) electrons. The second-order valence-corrected chi connectivity index (χ2v) is 5.91. The number of halogens is 2. The number of hydrogen-bond acceptors (Lipinski definition) is 4. The van der Waals surface area contributed by atoms with E-state index >= 15 is 0 Å². The van der Waals surface area contributed by atoms with Crippen LogP contribution in [0.1, 0.15) is 23.7 Å². The number of rotatable bonds is 3. The quantitative estimate of drug-likeness (QED) is 0.803. The van der Waals surface area contributed by atoms with E-state index in [1.165, 1.54) is 18.3 Å². The SMILES string of the molecule is O=C1Nc2c(Cl)ccc(Cl)c2C1(O)CC(O)c1cccnc1. The van der Waals surface area contributed by atoms with Crippen LogP contribution in [0.5, 0.6) is 0 Å². The van der Waals surface area contributed by atoms with Crippen LogP contribution in [0.15, 0.2) is 36.7 Å².